The van der Waals surface area contributed by atoms with E-state index in [4.69, 9.17) is 14.2 Å². The van der Waals surface area contributed by atoms with Crippen LogP contribution in [0.25, 0.3) is 0 Å². The van der Waals surface area contributed by atoms with Crippen molar-refractivity contribution >= 4 is 0 Å². The second-order valence-corrected chi connectivity index (χ2v) is 5.35. The lowest BCUT2D eigenvalue weighted by Crippen LogP contribution is -2.41. The SMILES string of the molecule is CCC(C)(OC)C(NC)c1ccc2c(c1)OCCCO2. The van der Waals surface area contributed by atoms with Crippen molar-refractivity contribution in [2.45, 2.75) is 38.3 Å². The fourth-order valence-corrected chi connectivity index (χ4v) is 2.65. The van der Waals surface area contributed by atoms with Gasteiger partial charge in [-0.05, 0) is 38.1 Å². The van der Waals surface area contributed by atoms with Crippen molar-refractivity contribution in [2.75, 3.05) is 27.4 Å². The highest BCUT2D eigenvalue weighted by molar-refractivity contribution is 5.44. The third kappa shape index (κ3) is 2.91. The van der Waals surface area contributed by atoms with Gasteiger partial charge in [-0.3, -0.25) is 0 Å². The maximum atomic E-state index is 5.77. The third-order valence-corrected chi connectivity index (χ3v) is 4.17. The van der Waals surface area contributed by atoms with Gasteiger partial charge in [-0.25, -0.2) is 0 Å². The lowest BCUT2D eigenvalue weighted by molar-refractivity contribution is -0.0280. The van der Waals surface area contributed by atoms with Crippen LogP contribution < -0.4 is 14.8 Å². The van der Waals surface area contributed by atoms with E-state index in [1.807, 2.05) is 13.1 Å². The molecule has 0 saturated heterocycles. The normalized spacial score (nSPS) is 19.0. The first kappa shape index (κ1) is 15.1. The summed E-state index contributed by atoms with van der Waals surface area (Å²) in [4.78, 5) is 0. The van der Waals surface area contributed by atoms with Crippen LogP contribution in [0.5, 0.6) is 11.5 Å². The molecule has 0 fully saturated rings. The van der Waals surface area contributed by atoms with Gasteiger partial charge in [-0.1, -0.05) is 13.0 Å². The molecule has 0 aliphatic carbocycles. The van der Waals surface area contributed by atoms with Crippen LogP contribution in [0.3, 0.4) is 0 Å². The number of ether oxygens (including phenoxy) is 3. The molecule has 1 aliphatic heterocycles. The van der Waals surface area contributed by atoms with E-state index in [1.165, 1.54) is 0 Å². The first-order valence-corrected chi connectivity index (χ1v) is 7.26. The minimum Gasteiger partial charge on any atom is -0.490 e. The molecule has 1 N–H and O–H groups in total. The Labute approximate surface area is 121 Å². The Morgan fingerprint density at radius 2 is 2.00 bits per heavy atom. The van der Waals surface area contributed by atoms with Crippen LogP contribution >= 0.6 is 0 Å². The number of methoxy groups -OCH3 is 1. The van der Waals surface area contributed by atoms with Gasteiger partial charge in [0.15, 0.2) is 11.5 Å². The van der Waals surface area contributed by atoms with E-state index >= 15 is 0 Å². The fraction of sp³-hybridized carbons (Fsp3) is 0.625. The number of benzene rings is 1. The number of hydrogen-bond acceptors (Lipinski definition) is 4. The average molecular weight is 279 g/mol. The molecule has 0 spiro atoms. The lowest BCUT2D eigenvalue weighted by atomic mass is 9.87. The molecule has 0 saturated carbocycles. The minimum atomic E-state index is -0.255. The van der Waals surface area contributed by atoms with Gasteiger partial charge in [0.1, 0.15) is 0 Å². The van der Waals surface area contributed by atoms with Gasteiger partial charge in [0.05, 0.1) is 24.9 Å². The van der Waals surface area contributed by atoms with Gasteiger partial charge < -0.3 is 19.5 Å². The van der Waals surface area contributed by atoms with Gasteiger partial charge in [-0.15, -0.1) is 0 Å². The number of likely N-dealkylation sites (N-methyl/N-ethyl adjacent to an activating group) is 1. The summed E-state index contributed by atoms with van der Waals surface area (Å²) in [6.07, 6.45) is 1.84. The Bertz CT molecular complexity index is 443. The molecular formula is C16H25NO3. The average Bonchev–Trinajstić information content (AvgIpc) is 2.72. The van der Waals surface area contributed by atoms with Crippen molar-refractivity contribution in [3.8, 4) is 11.5 Å². The molecule has 0 bridgehead atoms. The Morgan fingerprint density at radius 3 is 2.60 bits per heavy atom. The van der Waals surface area contributed by atoms with Gasteiger partial charge >= 0.3 is 0 Å². The molecule has 4 heteroatoms. The Kier molecular flexibility index (Phi) is 4.89. The van der Waals surface area contributed by atoms with Crippen LogP contribution in [0.4, 0.5) is 0 Å². The van der Waals surface area contributed by atoms with E-state index in [-0.39, 0.29) is 11.6 Å². The minimum absolute atomic E-state index is 0.106. The molecule has 4 nitrogen and oxygen atoms in total. The molecule has 2 rings (SSSR count). The van der Waals surface area contributed by atoms with E-state index in [0.29, 0.717) is 13.2 Å². The van der Waals surface area contributed by atoms with Gasteiger partial charge in [0.2, 0.25) is 0 Å². The number of rotatable bonds is 5. The van der Waals surface area contributed by atoms with Crippen molar-refractivity contribution in [3.05, 3.63) is 23.8 Å². The molecule has 1 heterocycles. The molecule has 2 unspecified atom stereocenters. The summed E-state index contributed by atoms with van der Waals surface area (Å²) >= 11 is 0. The lowest BCUT2D eigenvalue weighted by Gasteiger charge is -2.36. The molecular weight excluding hydrogens is 254 g/mol. The summed E-state index contributed by atoms with van der Waals surface area (Å²) in [7, 11) is 3.72. The van der Waals surface area contributed by atoms with Crippen molar-refractivity contribution in [3.63, 3.8) is 0 Å². The predicted molar refractivity (Wildman–Crippen MR) is 79.6 cm³/mol. The summed E-state index contributed by atoms with van der Waals surface area (Å²) < 4.78 is 17.2. The summed E-state index contributed by atoms with van der Waals surface area (Å²) in [5, 5.41) is 3.36. The second kappa shape index (κ2) is 6.46. The molecule has 2 atom stereocenters. The van der Waals surface area contributed by atoms with Crippen molar-refractivity contribution < 1.29 is 14.2 Å². The first-order chi connectivity index (χ1) is 9.64. The Balaban J connectivity index is 2.33. The van der Waals surface area contributed by atoms with Gasteiger partial charge in [0, 0.05) is 13.5 Å². The van der Waals surface area contributed by atoms with Crippen LogP contribution in [-0.4, -0.2) is 33.0 Å². The highest BCUT2D eigenvalue weighted by Crippen LogP contribution is 2.37. The fourth-order valence-electron chi connectivity index (χ4n) is 2.65. The van der Waals surface area contributed by atoms with Crippen molar-refractivity contribution in [1.82, 2.24) is 5.32 Å². The number of hydrogen-bond donors (Lipinski definition) is 1. The molecule has 1 aliphatic rings. The summed E-state index contributed by atoms with van der Waals surface area (Å²) in [5.41, 5.74) is 0.900. The zero-order valence-electron chi connectivity index (χ0n) is 12.9. The summed E-state index contributed by atoms with van der Waals surface area (Å²) in [5.74, 6) is 1.66. The molecule has 0 aromatic heterocycles. The van der Waals surface area contributed by atoms with E-state index < -0.39 is 0 Å². The highest BCUT2D eigenvalue weighted by atomic mass is 16.5. The molecule has 20 heavy (non-hydrogen) atoms. The van der Waals surface area contributed by atoms with Crippen LogP contribution in [0.1, 0.15) is 38.3 Å². The summed E-state index contributed by atoms with van der Waals surface area (Å²) in [6, 6.07) is 6.25. The van der Waals surface area contributed by atoms with Gasteiger partial charge in [0.25, 0.3) is 0 Å². The molecule has 1 aromatic carbocycles. The van der Waals surface area contributed by atoms with Crippen LogP contribution in [0.2, 0.25) is 0 Å². The number of fused-ring (bicyclic) bond motifs is 1. The highest BCUT2D eigenvalue weighted by Gasteiger charge is 2.33. The summed E-state index contributed by atoms with van der Waals surface area (Å²) in [6.45, 7) is 5.68. The zero-order valence-corrected chi connectivity index (χ0v) is 12.9. The van der Waals surface area contributed by atoms with Crippen LogP contribution in [0.15, 0.2) is 18.2 Å². The first-order valence-electron chi connectivity index (χ1n) is 7.26. The molecule has 0 amide bonds. The molecule has 1 aromatic rings. The topological polar surface area (TPSA) is 39.7 Å². The third-order valence-electron chi connectivity index (χ3n) is 4.17. The van der Waals surface area contributed by atoms with E-state index in [2.05, 4.69) is 31.3 Å². The second-order valence-electron chi connectivity index (χ2n) is 5.35. The van der Waals surface area contributed by atoms with Crippen molar-refractivity contribution in [2.24, 2.45) is 0 Å². The molecule has 112 valence electrons. The van der Waals surface area contributed by atoms with E-state index in [9.17, 15) is 0 Å². The Morgan fingerprint density at radius 1 is 1.30 bits per heavy atom. The monoisotopic (exact) mass is 279 g/mol. The number of nitrogens with one attached hydrogen (secondary N) is 1. The smallest absolute Gasteiger partial charge is 0.161 e. The van der Waals surface area contributed by atoms with Crippen molar-refractivity contribution in [1.29, 1.82) is 0 Å². The zero-order chi connectivity index (χ0) is 14.6. The Hall–Kier alpha value is -1.26. The largest absolute Gasteiger partial charge is 0.490 e. The van der Waals surface area contributed by atoms with Gasteiger partial charge in [-0.2, -0.15) is 0 Å². The van der Waals surface area contributed by atoms with Crippen LogP contribution in [0, 0.1) is 0 Å². The predicted octanol–water partition coefficient (Wildman–Crippen LogP) is 2.92. The maximum Gasteiger partial charge on any atom is 0.161 e. The van der Waals surface area contributed by atoms with E-state index in [1.54, 1.807) is 7.11 Å². The quantitative estimate of drug-likeness (QED) is 0.899. The van der Waals surface area contributed by atoms with Crippen LogP contribution in [-0.2, 0) is 4.74 Å². The standard InChI is InChI=1S/C16H25NO3/c1-5-16(2,18-4)15(17-3)12-7-8-13-14(11-12)20-10-6-9-19-13/h7-8,11,15,17H,5-6,9-10H2,1-4H3. The molecule has 0 radical (unpaired) electrons. The van der Waals surface area contributed by atoms with E-state index in [0.717, 1.165) is 29.9 Å². The maximum absolute atomic E-state index is 5.77.